The monoisotopic (exact) mass is 249 g/mol. The summed E-state index contributed by atoms with van der Waals surface area (Å²) in [5.41, 5.74) is 1.16. The number of rotatable bonds is 3. The molecule has 1 aliphatic heterocycles. The summed E-state index contributed by atoms with van der Waals surface area (Å²) in [4.78, 5) is 0. The Hall–Kier alpha value is -1.06. The largest absolute Gasteiger partial charge is 0.493 e. The SMILES string of the molecule is CC(C)(C)NCC(C)(O)c1cccc2c1OCC2. The first kappa shape index (κ1) is 13.4. The number of ether oxygens (including phenoxy) is 1. The highest BCUT2D eigenvalue weighted by molar-refractivity contribution is 5.46. The van der Waals surface area contributed by atoms with Crippen LogP contribution >= 0.6 is 0 Å². The van der Waals surface area contributed by atoms with Gasteiger partial charge in [-0.15, -0.1) is 0 Å². The van der Waals surface area contributed by atoms with Crippen molar-refractivity contribution in [1.82, 2.24) is 5.32 Å². The highest BCUT2D eigenvalue weighted by Crippen LogP contribution is 2.36. The molecule has 100 valence electrons. The van der Waals surface area contributed by atoms with Crippen molar-refractivity contribution in [3.63, 3.8) is 0 Å². The number of para-hydroxylation sites is 1. The van der Waals surface area contributed by atoms with Crippen molar-refractivity contribution >= 4 is 0 Å². The molecule has 1 atom stereocenters. The Morgan fingerprint density at radius 2 is 2.00 bits per heavy atom. The molecule has 0 saturated heterocycles. The van der Waals surface area contributed by atoms with Gasteiger partial charge >= 0.3 is 0 Å². The zero-order valence-corrected chi connectivity index (χ0v) is 11.7. The molecule has 0 radical (unpaired) electrons. The van der Waals surface area contributed by atoms with Crippen LogP contribution in [0.25, 0.3) is 0 Å². The van der Waals surface area contributed by atoms with Crippen LogP contribution in [0.5, 0.6) is 5.75 Å². The summed E-state index contributed by atoms with van der Waals surface area (Å²) >= 11 is 0. The van der Waals surface area contributed by atoms with Gasteiger partial charge in [-0.3, -0.25) is 0 Å². The van der Waals surface area contributed by atoms with Gasteiger partial charge in [-0.25, -0.2) is 0 Å². The average molecular weight is 249 g/mol. The Balaban J connectivity index is 2.22. The molecule has 1 heterocycles. The first-order valence-electron chi connectivity index (χ1n) is 6.52. The van der Waals surface area contributed by atoms with Crippen LogP contribution in [0.1, 0.15) is 38.8 Å². The fraction of sp³-hybridized carbons (Fsp3) is 0.600. The molecule has 2 rings (SSSR count). The van der Waals surface area contributed by atoms with E-state index in [0.29, 0.717) is 6.54 Å². The predicted octanol–water partition coefficient (Wildman–Crippen LogP) is 2.22. The Kier molecular flexibility index (Phi) is 3.39. The topological polar surface area (TPSA) is 41.5 Å². The molecule has 0 spiro atoms. The molecule has 3 nitrogen and oxygen atoms in total. The van der Waals surface area contributed by atoms with Gasteiger partial charge in [0.05, 0.1) is 6.61 Å². The summed E-state index contributed by atoms with van der Waals surface area (Å²) in [5.74, 6) is 0.873. The van der Waals surface area contributed by atoms with E-state index in [1.54, 1.807) is 0 Å². The van der Waals surface area contributed by atoms with Crippen LogP contribution in [0.2, 0.25) is 0 Å². The molecule has 3 heteroatoms. The normalized spacial score (nSPS) is 18.1. The third-order valence-electron chi connectivity index (χ3n) is 3.26. The minimum absolute atomic E-state index is 0.0111. The van der Waals surface area contributed by atoms with Crippen molar-refractivity contribution in [1.29, 1.82) is 0 Å². The molecule has 1 aliphatic rings. The van der Waals surface area contributed by atoms with Crippen LogP contribution < -0.4 is 10.1 Å². The van der Waals surface area contributed by atoms with Gasteiger partial charge in [0.2, 0.25) is 0 Å². The summed E-state index contributed by atoms with van der Waals surface area (Å²) in [6.45, 7) is 9.34. The van der Waals surface area contributed by atoms with Gasteiger partial charge in [-0.2, -0.15) is 0 Å². The maximum absolute atomic E-state index is 10.7. The molecule has 0 aromatic heterocycles. The van der Waals surface area contributed by atoms with Gasteiger partial charge in [-0.05, 0) is 33.3 Å². The molecule has 1 aromatic rings. The number of benzene rings is 1. The van der Waals surface area contributed by atoms with Crippen LogP contribution in [0.3, 0.4) is 0 Å². The average Bonchev–Trinajstić information content (AvgIpc) is 2.73. The quantitative estimate of drug-likeness (QED) is 0.863. The van der Waals surface area contributed by atoms with Crippen LogP contribution in [-0.4, -0.2) is 23.8 Å². The minimum atomic E-state index is -0.914. The molecular weight excluding hydrogens is 226 g/mol. The van der Waals surface area contributed by atoms with E-state index in [-0.39, 0.29) is 5.54 Å². The van der Waals surface area contributed by atoms with Gasteiger partial charge < -0.3 is 15.2 Å². The second-order valence-corrected chi connectivity index (χ2v) is 6.27. The van der Waals surface area contributed by atoms with Crippen molar-refractivity contribution in [2.24, 2.45) is 0 Å². The summed E-state index contributed by atoms with van der Waals surface area (Å²) in [5, 5.41) is 14.0. The van der Waals surface area contributed by atoms with Crippen LogP contribution in [0.15, 0.2) is 18.2 Å². The molecule has 2 N–H and O–H groups in total. The first-order valence-corrected chi connectivity index (χ1v) is 6.52. The zero-order chi connectivity index (χ0) is 13.4. The van der Waals surface area contributed by atoms with Gasteiger partial charge in [0.1, 0.15) is 11.4 Å². The van der Waals surface area contributed by atoms with Crippen molar-refractivity contribution in [2.45, 2.75) is 45.3 Å². The van der Waals surface area contributed by atoms with Gasteiger partial charge in [0.25, 0.3) is 0 Å². The lowest BCUT2D eigenvalue weighted by molar-refractivity contribution is 0.0476. The van der Waals surface area contributed by atoms with Crippen molar-refractivity contribution in [2.75, 3.05) is 13.2 Å². The maximum atomic E-state index is 10.7. The molecule has 0 amide bonds. The van der Waals surface area contributed by atoms with E-state index >= 15 is 0 Å². The summed E-state index contributed by atoms with van der Waals surface area (Å²) < 4.78 is 5.66. The number of aliphatic hydroxyl groups is 1. The number of β-amino-alcohol motifs (C(OH)–C–C–N with tert-alkyl or cyclic N) is 1. The van der Waals surface area contributed by atoms with E-state index in [0.717, 1.165) is 24.3 Å². The number of hydrogen-bond acceptors (Lipinski definition) is 3. The molecule has 18 heavy (non-hydrogen) atoms. The van der Waals surface area contributed by atoms with Crippen LogP contribution in [0.4, 0.5) is 0 Å². The van der Waals surface area contributed by atoms with Crippen molar-refractivity contribution in [3.8, 4) is 5.75 Å². The lowest BCUT2D eigenvalue weighted by atomic mass is 9.92. The van der Waals surface area contributed by atoms with Crippen molar-refractivity contribution < 1.29 is 9.84 Å². The smallest absolute Gasteiger partial charge is 0.128 e. The van der Waals surface area contributed by atoms with E-state index in [2.05, 4.69) is 32.2 Å². The lowest BCUT2D eigenvalue weighted by Gasteiger charge is -2.30. The Labute approximate surface area is 109 Å². The molecule has 0 fully saturated rings. The van der Waals surface area contributed by atoms with Gasteiger partial charge in [0.15, 0.2) is 0 Å². The highest BCUT2D eigenvalue weighted by Gasteiger charge is 2.30. The van der Waals surface area contributed by atoms with E-state index in [1.807, 2.05) is 19.1 Å². The molecule has 1 unspecified atom stereocenters. The summed E-state index contributed by atoms with van der Waals surface area (Å²) in [6.07, 6.45) is 0.936. The number of hydrogen-bond donors (Lipinski definition) is 2. The van der Waals surface area contributed by atoms with Crippen molar-refractivity contribution in [3.05, 3.63) is 29.3 Å². The van der Waals surface area contributed by atoms with Gasteiger partial charge in [0, 0.05) is 24.1 Å². The van der Waals surface area contributed by atoms with Gasteiger partial charge in [-0.1, -0.05) is 18.2 Å². The van der Waals surface area contributed by atoms with E-state index in [1.165, 1.54) is 5.56 Å². The third-order valence-corrected chi connectivity index (χ3v) is 3.26. The van der Waals surface area contributed by atoms with E-state index in [4.69, 9.17) is 4.74 Å². The first-order chi connectivity index (χ1) is 8.30. The standard InChI is InChI=1S/C15H23NO2/c1-14(2,3)16-10-15(4,17)12-7-5-6-11-8-9-18-13(11)12/h5-7,16-17H,8-10H2,1-4H3. The zero-order valence-electron chi connectivity index (χ0n) is 11.7. The third kappa shape index (κ3) is 2.85. The predicted molar refractivity (Wildman–Crippen MR) is 73.0 cm³/mol. The molecule has 0 aliphatic carbocycles. The van der Waals surface area contributed by atoms with Crippen LogP contribution in [-0.2, 0) is 12.0 Å². The second-order valence-electron chi connectivity index (χ2n) is 6.27. The number of fused-ring (bicyclic) bond motifs is 1. The summed E-state index contributed by atoms with van der Waals surface area (Å²) in [7, 11) is 0. The Morgan fingerprint density at radius 3 is 2.67 bits per heavy atom. The van der Waals surface area contributed by atoms with E-state index in [9.17, 15) is 5.11 Å². The second kappa shape index (κ2) is 4.56. The molecule has 0 bridgehead atoms. The van der Waals surface area contributed by atoms with Crippen LogP contribution in [0, 0.1) is 0 Å². The Bertz CT molecular complexity index is 433. The lowest BCUT2D eigenvalue weighted by Crippen LogP contribution is -2.44. The maximum Gasteiger partial charge on any atom is 0.128 e. The fourth-order valence-electron chi connectivity index (χ4n) is 2.17. The van der Waals surface area contributed by atoms with E-state index < -0.39 is 5.60 Å². The molecular formula is C15H23NO2. The summed E-state index contributed by atoms with van der Waals surface area (Å²) in [6, 6.07) is 6.02. The fourth-order valence-corrected chi connectivity index (χ4v) is 2.17. The Morgan fingerprint density at radius 1 is 1.28 bits per heavy atom. The number of nitrogens with one attached hydrogen (secondary N) is 1. The minimum Gasteiger partial charge on any atom is -0.493 e. The molecule has 1 aromatic carbocycles. The highest BCUT2D eigenvalue weighted by atomic mass is 16.5. The molecule has 0 saturated carbocycles.